The van der Waals surface area contributed by atoms with Crippen LogP contribution in [0.3, 0.4) is 0 Å². The number of halogens is 1. The summed E-state index contributed by atoms with van der Waals surface area (Å²) >= 11 is 7.44. The van der Waals surface area contributed by atoms with Crippen molar-refractivity contribution in [1.82, 2.24) is 4.57 Å². The molecule has 3 rings (SSSR count). The van der Waals surface area contributed by atoms with Crippen LogP contribution in [0.4, 0.5) is 0 Å². The minimum absolute atomic E-state index is 0.195. The van der Waals surface area contributed by atoms with Gasteiger partial charge in [-0.25, -0.2) is 0 Å². The van der Waals surface area contributed by atoms with Crippen LogP contribution in [0.2, 0.25) is 5.02 Å². The number of rotatable bonds is 3. The molecule has 0 aliphatic carbocycles. The largest absolute Gasteiger partial charge is 0.305 e. The normalized spacial score (nSPS) is 11.6. The van der Waals surface area contributed by atoms with Crippen molar-refractivity contribution in [2.45, 2.75) is 13.0 Å². The fourth-order valence-electron chi connectivity index (χ4n) is 2.29. The first-order valence-corrected chi connectivity index (χ1v) is 8.20. The van der Waals surface area contributed by atoms with Crippen molar-refractivity contribution in [2.75, 3.05) is 0 Å². The fourth-order valence-corrected chi connectivity index (χ4v) is 3.62. The third-order valence-electron chi connectivity index (χ3n) is 3.31. The molecule has 0 spiro atoms. The van der Waals surface area contributed by atoms with Crippen molar-refractivity contribution in [3.8, 4) is 12.3 Å². The van der Waals surface area contributed by atoms with Crippen molar-refractivity contribution in [2.24, 2.45) is 4.99 Å². The van der Waals surface area contributed by atoms with E-state index in [-0.39, 0.29) is 12.3 Å². The van der Waals surface area contributed by atoms with Gasteiger partial charge in [0.1, 0.15) is 0 Å². The molecule has 0 radical (unpaired) electrons. The van der Waals surface area contributed by atoms with E-state index in [0.29, 0.717) is 16.4 Å². The number of carbonyl (C=O) groups excluding carboxylic acids is 1. The van der Waals surface area contributed by atoms with Gasteiger partial charge < -0.3 is 4.57 Å². The molecule has 0 bridgehead atoms. The Kier molecular flexibility index (Phi) is 4.61. The highest BCUT2D eigenvalue weighted by molar-refractivity contribution is 7.16. The highest BCUT2D eigenvalue weighted by atomic mass is 35.5. The van der Waals surface area contributed by atoms with E-state index < -0.39 is 0 Å². The summed E-state index contributed by atoms with van der Waals surface area (Å²) < 4.78 is 2.82. The molecule has 0 atom stereocenters. The van der Waals surface area contributed by atoms with Crippen molar-refractivity contribution in [3.05, 3.63) is 63.9 Å². The summed E-state index contributed by atoms with van der Waals surface area (Å²) in [5.41, 5.74) is 1.87. The summed E-state index contributed by atoms with van der Waals surface area (Å²) in [6.45, 7) is 0.360. The van der Waals surface area contributed by atoms with Gasteiger partial charge in [-0.15, -0.1) is 6.42 Å². The lowest BCUT2D eigenvalue weighted by Gasteiger charge is -2.00. The van der Waals surface area contributed by atoms with Crippen LogP contribution in [-0.2, 0) is 17.8 Å². The first-order chi connectivity index (χ1) is 11.2. The molecule has 0 saturated heterocycles. The van der Waals surface area contributed by atoms with E-state index >= 15 is 0 Å². The lowest BCUT2D eigenvalue weighted by molar-refractivity contribution is -0.117. The number of fused-ring (bicyclic) bond motifs is 1. The van der Waals surface area contributed by atoms with Gasteiger partial charge in [0.25, 0.3) is 5.91 Å². The monoisotopic (exact) mass is 340 g/mol. The third-order valence-corrected chi connectivity index (χ3v) is 4.59. The van der Waals surface area contributed by atoms with Crippen LogP contribution in [0, 0.1) is 12.3 Å². The molecule has 5 heteroatoms. The van der Waals surface area contributed by atoms with E-state index in [2.05, 4.69) is 10.9 Å². The molecule has 0 unspecified atom stereocenters. The molecule has 114 valence electrons. The molecular weight excluding hydrogens is 328 g/mol. The Labute approximate surface area is 142 Å². The van der Waals surface area contributed by atoms with Crippen LogP contribution in [0.1, 0.15) is 5.56 Å². The van der Waals surface area contributed by atoms with Crippen molar-refractivity contribution >= 4 is 39.1 Å². The summed E-state index contributed by atoms with van der Waals surface area (Å²) in [7, 11) is 0. The van der Waals surface area contributed by atoms with Crippen molar-refractivity contribution in [3.63, 3.8) is 0 Å². The number of amides is 1. The quantitative estimate of drug-likeness (QED) is 0.670. The third kappa shape index (κ3) is 3.53. The number of carbonyl (C=O) groups is 1. The predicted octanol–water partition coefficient (Wildman–Crippen LogP) is 3.66. The standard InChI is InChI=1S/C18H13ClN2OS/c1-2-10-21-15-9-8-14(19)12-16(15)23-18(21)20-17(22)11-13-6-4-3-5-7-13/h1,3-9,12H,10-11H2. The Morgan fingerprint density at radius 2 is 2.04 bits per heavy atom. The van der Waals surface area contributed by atoms with Gasteiger partial charge in [0.05, 0.1) is 23.2 Å². The van der Waals surface area contributed by atoms with E-state index in [1.54, 1.807) is 6.07 Å². The Morgan fingerprint density at radius 1 is 1.26 bits per heavy atom. The molecule has 0 saturated carbocycles. The molecule has 3 nitrogen and oxygen atoms in total. The average molecular weight is 341 g/mol. The van der Waals surface area contributed by atoms with Crippen LogP contribution in [0.15, 0.2) is 53.5 Å². The number of nitrogens with zero attached hydrogens (tertiary/aromatic N) is 2. The number of terminal acetylenes is 1. The Balaban J connectivity index is 2.02. The van der Waals surface area contributed by atoms with E-state index in [4.69, 9.17) is 18.0 Å². The van der Waals surface area contributed by atoms with Crippen molar-refractivity contribution < 1.29 is 4.79 Å². The summed E-state index contributed by atoms with van der Waals surface area (Å²) in [4.78, 5) is 17.1. The van der Waals surface area contributed by atoms with Crippen LogP contribution in [0.25, 0.3) is 10.2 Å². The SMILES string of the molecule is C#CCn1c(=NC(=O)Cc2ccccc2)sc2cc(Cl)ccc21. The molecule has 3 aromatic rings. The second-order valence-corrected chi connectivity index (χ2v) is 6.40. The second kappa shape index (κ2) is 6.82. The first kappa shape index (κ1) is 15.5. The van der Waals surface area contributed by atoms with Gasteiger partial charge in [-0.2, -0.15) is 4.99 Å². The molecule has 0 aliphatic heterocycles. The zero-order chi connectivity index (χ0) is 16.2. The van der Waals surface area contributed by atoms with Crippen LogP contribution in [-0.4, -0.2) is 10.5 Å². The first-order valence-electron chi connectivity index (χ1n) is 7.01. The molecule has 0 aliphatic rings. The average Bonchev–Trinajstić information content (AvgIpc) is 2.85. The minimum atomic E-state index is -0.195. The highest BCUT2D eigenvalue weighted by Gasteiger charge is 2.08. The molecule has 1 aromatic heterocycles. The molecule has 1 heterocycles. The van der Waals surface area contributed by atoms with Gasteiger partial charge in [0.15, 0.2) is 4.80 Å². The van der Waals surface area contributed by atoms with Crippen LogP contribution in [0.5, 0.6) is 0 Å². The van der Waals surface area contributed by atoms with Gasteiger partial charge >= 0.3 is 0 Å². The van der Waals surface area contributed by atoms with Crippen molar-refractivity contribution in [1.29, 1.82) is 0 Å². The van der Waals surface area contributed by atoms with E-state index in [1.165, 1.54) is 11.3 Å². The molecule has 2 aromatic carbocycles. The topological polar surface area (TPSA) is 34.4 Å². The van der Waals surface area contributed by atoms with Gasteiger partial charge in [0, 0.05) is 5.02 Å². The van der Waals surface area contributed by atoms with Gasteiger partial charge in [-0.3, -0.25) is 4.79 Å². The number of thiazole rings is 1. The maximum absolute atomic E-state index is 12.2. The maximum atomic E-state index is 12.2. The number of aromatic nitrogens is 1. The molecule has 1 amide bonds. The van der Waals surface area contributed by atoms with Gasteiger partial charge in [-0.05, 0) is 23.8 Å². The molecule has 0 N–H and O–H groups in total. The molecule has 0 fully saturated rings. The molecular formula is C18H13ClN2OS. The van der Waals surface area contributed by atoms with E-state index in [1.807, 2.05) is 47.0 Å². The predicted molar refractivity (Wildman–Crippen MR) is 94.4 cm³/mol. The zero-order valence-corrected chi connectivity index (χ0v) is 13.8. The lowest BCUT2D eigenvalue weighted by atomic mass is 10.1. The fraction of sp³-hybridized carbons (Fsp3) is 0.111. The Bertz CT molecular complexity index is 964. The minimum Gasteiger partial charge on any atom is -0.305 e. The Hall–Kier alpha value is -2.35. The molecule has 23 heavy (non-hydrogen) atoms. The zero-order valence-electron chi connectivity index (χ0n) is 12.2. The smallest absolute Gasteiger partial charge is 0.252 e. The summed E-state index contributed by atoms with van der Waals surface area (Å²) in [5.74, 6) is 2.41. The summed E-state index contributed by atoms with van der Waals surface area (Å²) in [6.07, 6.45) is 5.71. The maximum Gasteiger partial charge on any atom is 0.252 e. The lowest BCUT2D eigenvalue weighted by Crippen LogP contribution is -2.17. The van der Waals surface area contributed by atoms with Gasteiger partial charge in [0.2, 0.25) is 0 Å². The summed E-state index contributed by atoms with van der Waals surface area (Å²) in [5, 5.41) is 0.647. The van der Waals surface area contributed by atoms with E-state index in [9.17, 15) is 4.79 Å². The number of hydrogen-bond donors (Lipinski definition) is 0. The van der Waals surface area contributed by atoms with Gasteiger partial charge in [-0.1, -0.05) is 59.2 Å². The van der Waals surface area contributed by atoms with Crippen LogP contribution < -0.4 is 4.80 Å². The number of hydrogen-bond acceptors (Lipinski definition) is 2. The highest BCUT2D eigenvalue weighted by Crippen LogP contribution is 2.21. The van der Waals surface area contributed by atoms with Crippen LogP contribution >= 0.6 is 22.9 Å². The summed E-state index contributed by atoms with van der Waals surface area (Å²) in [6, 6.07) is 15.1. The second-order valence-electron chi connectivity index (χ2n) is 4.95. The Morgan fingerprint density at radius 3 is 2.78 bits per heavy atom. The number of benzene rings is 2. The van der Waals surface area contributed by atoms with E-state index in [0.717, 1.165) is 15.8 Å².